The Kier molecular flexibility index (Phi) is 14.2. The third-order valence-corrected chi connectivity index (χ3v) is 11.8. The first-order valence-electron chi connectivity index (χ1n) is 18.4. The number of aryl methyl sites for hydroxylation is 4. The predicted octanol–water partition coefficient (Wildman–Crippen LogP) is 9.52. The molecular formula is C40H37BrF6N6O6S2. The van der Waals surface area contributed by atoms with Gasteiger partial charge in [0, 0.05) is 27.7 Å². The van der Waals surface area contributed by atoms with E-state index in [1.165, 1.54) is 59.7 Å². The standard InChI is InChI=1S/C20H18F3N3O3S.C10H6BrF3N2O.C10H13NO2S/c1-30(27,28)26(16-8-7-12-3-2-4-13(12)9-16)11-15-6-5-14(10-17(15)21)19-24-25-20(29-19)18(22)23;11-4-6-2-1-5(3-7(6)12)9-15-16-10(17-9)8(13)14;1-14(12,13)11-10-6-5-8-3-2-4-9(8)7-10/h5-10,18H,2-4,11H2,1H3;1-3,8H,4H2;5-7,11H,2-4H2,1H3. The van der Waals surface area contributed by atoms with Crippen molar-refractivity contribution in [2.75, 3.05) is 21.5 Å². The van der Waals surface area contributed by atoms with Crippen molar-refractivity contribution in [2.45, 2.75) is 63.3 Å². The highest BCUT2D eigenvalue weighted by Gasteiger charge is 2.24. The van der Waals surface area contributed by atoms with Crippen molar-refractivity contribution in [3.05, 3.63) is 130 Å². The molecule has 8 rings (SSSR count). The average molecular weight is 956 g/mol. The molecule has 61 heavy (non-hydrogen) atoms. The van der Waals surface area contributed by atoms with Crippen LogP contribution in [0.1, 0.15) is 70.9 Å². The number of hydrogen-bond acceptors (Lipinski definition) is 10. The summed E-state index contributed by atoms with van der Waals surface area (Å²) in [5, 5.41) is 13.7. The first kappa shape index (κ1) is 45.3. The van der Waals surface area contributed by atoms with Crippen LogP contribution in [-0.2, 0) is 57.6 Å². The highest BCUT2D eigenvalue weighted by Crippen LogP contribution is 2.31. The SMILES string of the molecule is CS(=O)(=O)N(Cc1ccc(-c2nnc(C(F)F)o2)cc1F)c1ccc2c(c1)CCC2.CS(=O)(=O)Nc1ccc2c(c1)CCC2.Fc1cc(-c2nnc(C(F)F)o2)ccc1CBr. The zero-order valence-corrected chi connectivity index (χ0v) is 35.6. The van der Waals surface area contributed by atoms with Gasteiger partial charge in [-0.15, -0.1) is 20.4 Å². The van der Waals surface area contributed by atoms with Crippen LogP contribution >= 0.6 is 15.9 Å². The maximum Gasteiger partial charge on any atom is 0.314 e. The van der Waals surface area contributed by atoms with E-state index in [1.54, 1.807) is 6.07 Å². The fourth-order valence-corrected chi connectivity index (χ4v) is 8.47. The number of hydrogen-bond donors (Lipinski definition) is 1. The molecule has 0 unspecified atom stereocenters. The van der Waals surface area contributed by atoms with Crippen LogP contribution in [0.15, 0.2) is 81.6 Å². The number of nitrogens with one attached hydrogen (secondary N) is 1. The van der Waals surface area contributed by atoms with Crippen LogP contribution in [0.4, 0.5) is 37.7 Å². The van der Waals surface area contributed by atoms with Gasteiger partial charge in [-0.2, -0.15) is 17.6 Å². The van der Waals surface area contributed by atoms with E-state index in [0.29, 0.717) is 22.3 Å². The maximum atomic E-state index is 14.7. The van der Waals surface area contributed by atoms with Crippen LogP contribution in [0.2, 0.25) is 0 Å². The van der Waals surface area contributed by atoms with Gasteiger partial charge < -0.3 is 8.83 Å². The van der Waals surface area contributed by atoms with Gasteiger partial charge in [0.2, 0.25) is 31.8 Å². The number of nitrogens with zero attached hydrogens (tertiary/aromatic N) is 5. The number of anilines is 2. The third-order valence-electron chi connectivity index (χ3n) is 9.48. The number of rotatable bonds is 11. The Bertz CT molecular complexity index is 2740. The lowest BCUT2D eigenvalue weighted by Gasteiger charge is -2.23. The summed E-state index contributed by atoms with van der Waals surface area (Å²) in [5.41, 5.74) is 7.05. The fraction of sp³-hybridized carbons (Fsp3) is 0.300. The molecule has 0 amide bonds. The average Bonchev–Trinajstić information content (AvgIpc) is 4.04. The summed E-state index contributed by atoms with van der Waals surface area (Å²) < 4.78 is 138. The van der Waals surface area contributed by atoms with Crippen LogP contribution in [0.3, 0.4) is 0 Å². The molecule has 4 aromatic carbocycles. The molecule has 2 aliphatic rings. The zero-order chi connectivity index (χ0) is 44.1. The molecule has 324 valence electrons. The van der Waals surface area contributed by atoms with Crippen molar-refractivity contribution < 1.29 is 52.0 Å². The van der Waals surface area contributed by atoms with Gasteiger partial charge in [-0.05, 0) is 115 Å². The molecule has 21 heteroatoms. The van der Waals surface area contributed by atoms with Gasteiger partial charge >= 0.3 is 12.9 Å². The second-order valence-electron chi connectivity index (χ2n) is 14.0. The minimum atomic E-state index is -3.68. The van der Waals surface area contributed by atoms with Crippen molar-refractivity contribution in [2.24, 2.45) is 0 Å². The summed E-state index contributed by atoms with van der Waals surface area (Å²) in [6.07, 6.45) is 2.71. The number of fused-ring (bicyclic) bond motifs is 2. The van der Waals surface area contributed by atoms with Crippen molar-refractivity contribution in [3.63, 3.8) is 0 Å². The van der Waals surface area contributed by atoms with Gasteiger partial charge in [-0.1, -0.05) is 40.2 Å². The van der Waals surface area contributed by atoms with E-state index in [2.05, 4.69) is 41.0 Å². The van der Waals surface area contributed by atoms with Crippen LogP contribution in [0.5, 0.6) is 0 Å². The molecule has 12 nitrogen and oxygen atoms in total. The predicted molar refractivity (Wildman–Crippen MR) is 218 cm³/mol. The minimum absolute atomic E-state index is 0.123. The summed E-state index contributed by atoms with van der Waals surface area (Å²) in [4.78, 5) is 0. The Labute approximate surface area is 355 Å². The summed E-state index contributed by atoms with van der Waals surface area (Å²) in [5.74, 6) is -3.16. The molecule has 6 aromatic rings. The molecule has 0 radical (unpaired) electrons. The van der Waals surface area contributed by atoms with Crippen molar-refractivity contribution >= 4 is 47.4 Å². The summed E-state index contributed by atoms with van der Waals surface area (Å²) >= 11 is 3.12. The van der Waals surface area contributed by atoms with E-state index >= 15 is 0 Å². The van der Waals surface area contributed by atoms with E-state index in [9.17, 15) is 43.2 Å². The van der Waals surface area contributed by atoms with E-state index in [4.69, 9.17) is 8.83 Å². The normalized spacial score (nSPS) is 13.3. The van der Waals surface area contributed by atoms with Gasteiger partial charge in [0.1, 0.15) is 11.6 Å². The number of alkyl halides is 5. The lowest BCUT2D eigenvalue weighted by molar-refractivity contribution is 0.115. The Balaban J connectivity index is 0.000000169. The van der Waals surface area contributed by atoms with Gasteiger partial charge in [0.25, 0.3) is 11.8 Å². The number of benzene rings is 4. The Morgan fingerprint density at radius 2 is 1.15 bits per heavy atom. The number of sulfonamides is 2. The Hall–Kier alpha value is -5.28. The molecule has 0 fully saturated rings. The molecule has 0 spiro atoms. The summed E-state index contributed by atoms with van der Waals surface area (Å²) in [6, 6.07) is 19.3. The van der Waals surface area contributed by atoms with E-state index in [0.717, 1.165) is 54.3 Å². The summed E-state index contributed by atoms with van der Waals surface area (Å²) in [7, 11) is -6.82. The highest BCUT2D eigenvalue weighted by molar-refractivity contribution is 9.08. The Morgan fingerprint density at radius 3 is 1.61 bits per heavy atom. The second-order valence-corrected chi connectivity index (χ2v) is 18.2. The third kappa shape index (κ3) is 11.8. The van der Waals surface area contributed by atoms with Crippen LogP contribution in [0, 0.1) is 11.6 Å². The van der Waals surface area contributed by atoms with Gasteiger partial charge in [0.05, 0.1) is 24.7 Å². The molecule has 0 saturated heterocycles. The van der Waals surface area contributed by atoms with Crippen molar-refractivity contribution in [3.8, 4) is 22.9 Å². The smallest absolute Gasteiger partial charge is 0.314 e. The first-order chi connectivity index (χ1) is 28.9. The summed E-state index contributed by atoms with van der Waals surface area (Å²) in [6.45, 7) is -0.212. The topological polar surface area (TPSA) is 161 Å². The van der Waals surface area contributed by atoms with Crippen molar-refractivity contribution in [1.82, 2.24) is 20.4 Å². The van der Waals surface area contributed by atoms with Crippen LogP contribution < -0.4 is 9.03 Å². The van der Waals surface area contributed by atoms with Gasteiger partial charge in [-0.3, -0.25) is 9.03 Å². The molecule has 0 saturated carbocycles. The van der Waals surface area contributed by atoms with Crippen LogP contribution in [-0.4, -0.2) is 49.7 Å². The molecule has 0 bridgehead atoms. The van der Waals surface area contributed by atoms with Crippen LogP contribution in [0.25, 0.3) is 22.9 Å². The molecule has 2 heterocycles. The molecular weight excluding hydrogens is 919 g/mol. The minimum Gasteiger partial charge on any atom is -0.415 e. The molecule has 0 atom stereocenters. The lowest BCUT2D eigenvalue weighted by Crippen LogP contribution is -2.29. The van der Waals surface area contributed by atoms with E-state index < -0.39 is 56.3 Å². The van der Waals surface area contributed by atoms with Gasteiger partial charge in [-0.25, -0.2) is 25.6 Å². The maximum absolute atomic E-state index is 14.7. The number of halogens is 7. The van der Waals surface area contributed by atoms with Gasteiger partial charge in [0.15, 0.2) is 0 Å². The zero-order valence-electron chi connectivity index (χ0n) is 32.4. The first-order valence-corrected chi connectivity index (χ1v) is 23.3. The molecule has 2 aliphatic carbocycles. The van der Waals surface area contributed by atoms with E-state index in [1.807, 2.05) is 30.3 Å². The second kappa shape index (κ2) is 19.2. The van der Waals surface area contributed by atoms with Crippen molar-refractivity contribution in [1.29, 1.82) is 0 Å². The largest absolute Gasteiger partial charge is 0.415 e. The molecule has 0 aliphatic heterocycles. The lowest BCUT2D eigenvalue weighted by atomic mass is 10.1. The van der Waals surface area contributed by atoms with E-state index in [-0.39, 0.29) is 35.0 Å². The monoisotopic (exact) mass is 954 g/mol. The quantitative estimate of drug-likeness (QED) is 0.0978. The highest BCUT2D eigenvalue weighted by atomic mass is 79.9. The molecule has 2 aromatic heterocycles. The molecule has 1 N–H and O–H groups in total. The Morgan fingerprint density at radius 1 is 0.656 bits per heavy atom. The number of aromatic nitrogens is 4. The fourth-order valence-electron chi connectivity index (χ4n) is 6.59.